The molecule has 4 aliphatic heterocycles. The zero-order valence-electron chi connectivity index (χ0n) is 24.2. The number of hydrogen-bond acceptors (Lipinski definition) is 6. The van der Waals surface area contributed by atoms with E-state index in [1.165, 1.54) is 6.42 Å². The van der Waals surface area contributed by atoms with E-state index in [0.29, 0.717) is 5.75 Å². The van der Waals surface area contributed by atoms with E-state index in [1.807, 2.05) is 29.2 Å². The lowest BCUT2D eigenvalue weighted by atomic mass is 9.65. The van der Waals surface area contributed by atoms with Gasteiger partial charge >= 0.3 is 0 Å². The summed E-state index contributed by atoms with van der Waals surface area (Å²) in [7, 11) is 0. The third kappa shape index (κ3) is 5.32. The molecule has 8 nitrogen and oxygen atoms in total. The number of amides is 2. The molecule has 7 rings (SSSR count). The summed E-state index contributed by atoms with van der Waals surface area (Å²) in [6, 6.07) is 12.1. The molecule has 4 atom stereocenters. The van der Waals surface area contributed by atoms with Crippen molar-refractivity contribution in [1.82, 2.24) is 9.80 Å². The van der Waals surface area contributed by atoms with E-state index in [4.69, 9.17) is 18.9 Å². The van der Waals surface area contributed by atoms with Gasteiger partial charge in [0.2, 0.25) is 25.4 Å². The summed E-state index contributed by atoms with van der Waals surface area (Å²) in [5.41, 5.74) is 2.16. The molecular weight excluding hydrogens is 532 g/mol. The summed E-state index contributed by atoms with van der Waals surface area (Å²) in [4.78, 5) is 32.8. The van der Waals surface area contributed by atoms with Crippen LogP contribution in [0.3, 0.4) is 0 Å². The maximum atomic E-state index is 14.6. The normalized spacial score (nSPS) is 26.4. The van der Waals surface area contributed by atoms with E-state index in [0.717, 1.165) is 99.5 Å². The Morgan fingerprint density at radius 3 is 1.95 bits per heavy atom. The Bertz CT molecular complexity index is 1350. The van der Waals surface area contributed by atoms with Crippen LogP contribution >= 0.6 is 0 Å². The lowest BCUT2D eigenvalue weighted by Crippen LogP contribution is -2.50. The monoisotopic (exact) mass is 572 g/mol. The number of rotatable bonds is 6. The molecule has 8 heteroatoms. The van der Waals surface area contributed by atoms with Gasteiger partial charge in [-0.05, 0) is 92.7 Å². The SMILES string of the molecule is O=C([C@H]1[C@H](CCc2ccc3c(c2)OCO3)[C@H](C(=O)N2CCCCC2)C=C[C@@H]1c1ccc2c(c1)OCO2)N1CCCCC1. The van der Waals surface area contributed by atoms with Gasteiger partial charge in [0.15, 0.2) is 23.0 Å². The number of allylic oxidation sites excluding steroid dienone is 1. The molecule has 2 saturated heterocycles. The molecule has 0 aromatic heterocycles. The Morgan fingerprint density at radius 2 is 1.26 bits per heavy atom. The second kappa shape index (κ2) is 11.9. The molecule has 4 heterocycles. The lowest BCUT2D eigenvalue weighted by molar-refractivity contribution is -0.143. The van der Waals surface area contributed by atoms with E-state index in [1.54, 1.807) is 0 Å². The first-order valence-corrected chi connectivity index (χ1v) is 15.7. The number of fused-ring (bicyclic) bond motifs is 2. The van der Waals surface area contributed by atoms with Gasteiger partial charge in [-0.15, -0.1) is 0 Å². The standard InChI is InChI=1S/C34H40N2O6/c37-33(35-15-3-1-4-16-35)27-12-11-25(24-9-14-29-31(20-24)42-22-40-29)32(34(38)36-17-5-2-6-18-36)26(27)10-7-23-8-13-28-30(19-23)41-21-39-28/h8-9,11-14,19-20,25-27,32H,1-7,10,15-18,21-22H2/t25-,26-,27-,32-/m1/s1. The second-order valence-electron chi connectivity index (χ2n) is 12.2. The Kier molecular flexibility index (Phi) is 7.70. The van der Waals surface area contributed by atoms with Crippen LogP contribution in [0, 0.1) is 17.8 Å². The van der Waals surface area contributed by atoms with Gasteiger partial charge in [-0.3, -0.25) is 9.59 Å². The Hall–Kier alpha value is -3.68. The van der Waals surface area contributed by atoms with Crippen LogP contribution in [0.1, 0.15) is 62.0 Å². The molecule has 0 N–H and O–H groups in total. The highest BCUT2D eigenvalue weighted by Gasteiger charge is 2.46. The van der Waals surface area contributed by atoms with Crippen LogP contribution in [0.15, 0.2) is 48.6 Å². The van der Waals surface area contributed by atoms with Gasteiger partial charge in [0, 0.05) is 32.1 Å². The first kappa shape index (κ1) is 27.2. The Labute approximate surface area is 247 Å². The second-order valence-corrected chi connectivity index (χ2v) is 12.2. The van der Waals surface area contributed by atoms with E-state index >= 15 is 0 Å². The Morgan fingerprint density at radius 1 is 0.667 bits per heavy atom. The molecule has 5 aliphatic rings. The van der Waals surface area contributed by atoms with Gasteiger partial charge in [-0.25, -0.2) is 0 Å². The topological polar surface area (TPSA) is 77.5 Å². The van der Waals surface area contributed by atoms with E-state index in [-0.39, 0.29) is 49.1 Å². The molecule has 0 radical (unpaired) electrons. The minimum Gasteiger partial charge on any atom is -0.454 e. The van der Waals surface area contributed by atoms with Gasteiger partial charge in [-0.2, -0.15) is 0 Å². The van der Waals surface area contributed by atoms with Crippen molar-refractivity contribution < 1.29 is 28.5 Å². The van der Waals surface area contributed by atoms with Crippen LogP contribution in [0.5, 0.6) is 23.0 Å². The largest absolute Gasteiger partial charge is 0.454 e. The van der Waals surface area contributed by atoms with Gasteiger partial charge < -0.3 is 28.7 Å². The predicted octanol–water partition coefficient (Wildman–Crippen LogP) is 5.30. The van der Waals surface area contributed by atoms with Crippen LogP contribution in [-0.2, 0) is 16.0 Å². The third-order valence-corrected chi connectivity index (χ3v) is 9.73. The van der Waals surface area contributed by atoms with Crippen molar-refractivity contribution in [3.05, 3.63) is 59.7 Å². The quantitative estimate of drug-likeness (QED) is 0.437. The summed E-state index contributed by atoms with van der Waals surface area (Å²) in [5.74, 6) is 2.34. The van der Waals surface area contributed by atoms with Gasteiger partial charge in [0.1, 0.15) is 0 Å². The number of aryl methyl sites for hydroxylation is 1. The lowest BCUT2D eigenvalue weighted by Gasteiger charge is -2.43. The average molecular weight is 573 g/mol. The molecule has 222 valence electrons. The highest BCUT2D eigenvalue weighted by atomic mass is 16.7. The number of hydrogen-bond donors (Lipinski definition) is 0. The third-order valence-electron chi connectivity index (χ3n) is 9.73. The number of carbonyl (C=O) groups excluding carboxylic acids is 2. The smallest absolute Gasteiger partial charge is 0.231 e. The minimum absolute atomic E-state index is 0.139. The van der Waals surface area contributed by atoms with Crippen LogP contribution < -0.4 is 18.9 Å². The average Bonchev–Trinajstić information content (AvgIpc) is 3.72. The summed E-state index contributed by atoms with van der Waals surface area (Å²) < 4.78 is 22.5. The minimum atomic E-state index is -0.346. The van der Waals surface area contributed by atoms with Gasteiger partial charge in [-0.1, -0.05) is 24.3 Å². The van der Waals surface area contributed by atoms with Crippen LogP contribution in [0.25, 0.3) is 0 Å². The number of benzene rings is 2. The first-order chi connectivity index (χ1) is 20.7. The van der Waals surface area contributed by atoms with Crippen molar-refractivity contribution in [3.8, 4) is 23.0 Å². The van der Waals surface area contributed by atoms with Crippen molar-refractivity contribution in [3.63, 3.8) is 0 Å². The maximum Gasteiger partial charge on any atom is 0.231 e. The molecule has 2 aromatic rings. The zero-order chi connectivity index (χ0) is 28.5. The number of piperidine rings is 2. The summed E-state index contributed by atoms with van der Waals surface area (Å²) >= 11 is 0. The molecule has 0 unspecified atom stereocenters. The highest BCUT2D eigenvalue weighted by Crippen LogP contribution is 2.46. The molecule has 2 amide bonds. The molecule has 1 aliphatic carbocycles. The number of likely N-dealkylation sites (tertiary alicyclic amines) is 2. The molecule has 2 aromatic carbocycles. The molecule has 0 saturated carbocycles. The van der Waals surface area contributed by atoms with E-state index in [2.05, 4.69) is 29.2 Å². The first-order valence-electron chi connectivity index (χ1n) is 15.7. The van der Waals surface area contributed by atoms with Crippen molar-refractivity contribution in [1.29, 1.82) is 0 Å². The predicted molar refractivity (Wildman–Crippen MR) is 157 cm³/mol. The van der Waals surface area contributed by atoms with Gasteiger partial charge in [0.25, 0.3) is 0 Å². The number of nitrogens with zero attached hydrogens (tertiary/aromatic N) is 2. The summed E-state index contributed by atoms with van der Waals surface area (Å²) in [6.45, 7) is 3.62. The molecular formula is C34H40N2O6. The maximum absolute atomic E-state index is 14.6. The van der Waals surface area contributed by atoms with Crippen LogP contribution in [-0.4, -0.2) is 61.4 Å². The van der Waals surface area contributed by atoms with Crippen molar-refractivity contribution in [2.45, 2.75) is 57.3 Å². The van der Waals surface area contributed by atoms with Crippen molar-refractivity contribution >= 4 is 11.8 Å². The number of carbonyl (C=O) groups is 2. The fraction of sp³-hybridized carbons (Fsp3) is 0.529. The van der Waals surface area contributed by atoms with E-state index < -0.39 is 0 Å². The number of ether oxygens (including phenoxy) is 4. The van der Waals surface area contributed by atoms with E-state index in [9.17, 15) is 9.59 Å². The zero-order valence-corrected chi connectivity index (χ0v) is 24.2. The van der Waals surface area contributed by atoms with Crippen LogP contribution in [0.4, 0.5) is 0 Å². The van der Waals surface area contributed by atoms with Crippen molar-refractivity contribution in [2.24, 2.45) is 17.8 Å². The Balaban J connectivity index is 1.25. The highest BCUT2D eigenvalue weighted by molar-refractivity contribution is 5.86. The molecule has 0 spiro atoms. The fourth-order valence-electron chi connectivity index (χ4n) is 7.47. The molecule has 42 heavy (non-hydrogen) atoms. The molecule has 0 bridgehead atoms. The van der Waals surface area contributed by atoms with Crippen LogP contribution in [0.2, 0.25) is 0 Å². The summed E-state index contributed by atoms with van der Waals surface area (Å²) in [5, 5.41) is 0. The van der Waals surface area contributed by atoms with Crippen molar-refractivity contribution in [2.75, 3.05) is 39.8 Å². The summed E-state index contributed by atoms with van der Waals surface area (Å²) in [6.07, 6.45) is 12.2. The molecule has 2 fully saturated rings. The van der Waals surface area contributed by atoms with Gasteiger partial charge in [0.05, 0.1) is 11.8 Å². The fourth-order valence-corrected chi connectivity index (χ4v) is 7.47.